The Kier molecular flexibility index (Phi) is 5.71. The molecule has 1 aromatic carbocycles. The second-order valence-electron chi connectivity index (χ2n) is 3.92. The van der Waals surface area contributed by atoms with Crippen LogP contribution in [0.4, 0.5) is 0 Å². The molecular weight excluding hydrogens is 250 g/mol. The average Bonchev–Trinajstić information content (AvgIpc) is 2.35. The van der Waals surface area contributed by atoms with Gasteiger partial charge in [-0.25, -0.2) is 4.79 Å². The summed E-state index contributed by atoms with van der Waals surface area (Å²) in [4.78, 5) is 23.2. The lowest BCUT2D eigenvalue weighted by Crippen LogP contribution is -2.25. The smallest absolute Gasteiger partial charge is 0.335 e. The molecule has 0 atom stereocenters. The van der Waals surface area contributed by atoms with Crippen molar-refractivity contribution in [3.05, 3.63) is 29.3 Å². The van der Waals surface area contributed by atoms with E-state index in [9.17, 15) is 9.59 Å². The van der Waals surface area contributed by atoms with E-state index in [1.807, 2.05) is 13.0 Å². The van der Waals surface area contributed by atoms with Crippen LogP contribution in [-0.2, 0) is 4.79 Å². The van der Waals surface area contributed by atoms with Gasteiger partial charge in [-0.3, -0.25) is 4.79 Å². The summed E-state index contributed by atoms with van der Waals surface area (Å²) < 4.78 is 0. The van der Waals surface area contributed by atoms with Gasteiger partial charge in [0.25, 0.3) is 0 Å². The van der Waals surface area contributed by atoms with E-state index in [-0.39, 0.29) is 11.5 Å². The Balaban J connectivity index is 2.60. The van der Waals surface area contributed by atoms with E-state index in [1.54, 1.807) is 19.1 Å². The van der Waals surface area contributed by atoms with Crippen molar-refractivity contribution < 1.29 is 14.7 Å². The van der Waals surface area contributed by atoms with Crippen molar-refractivity contribution in [2.75, 3.05) is 12.3 Å². The number of aryl methyl sites for hydroxylation is 1. The van der Waals surface area contributed by atoms with Crippen LogP contribution >= 0.6 is 11.8 Å². The summed E-state index contributed by atoms with van der Waals surface area (Å²) in [6.45, 7) is 4.42. The maximum absolute atomic E-state index is 11.4. The van der Waals surface area contributed by atoms with Gasteiger partial charge in [-0.05, 0) is 31.0 Å². The second kappa shape index (κ2) is 7.06. The number of carboxylic acid groups (broad SMARTS) is 1. The van der Waals surface area contributed by atoms with Crippen LogP contribution < -0.4 is 5.32 Å². The molecule has 98 valence electrons. The Labute approximate surface area is 111 Å². The molecule has 1 rings (SSSR count). The third-order valence-electron chi connectivity index (χ3n) is 2.38. The summed E-state index contributed by atoms with van der Waals surface area (Å²) in [6.07, 6.45) is 0.907. The van der Waals surface area contributed by atoms with Crippen molar-refractivity contribution in [2.45, 2.75) is 25.2 Å². The fraction of sp³-hybridized carbons (Fsp3) is 0.385. The highest BCUT2D eigenvalue weighted by atomic mass is 32.2. The van der Waals surface area contributed by atoms with Gasteiger partial charge in [0.2, 0.25) is 5.91 Å². The first-order valence-corrected chi connectivity index (χ1v) is 6.76. The highest BCUT2D eigenvalue weighted by molar-refractivity contribution is 8.00. The monoisotopic (exact) mass is 267 g/mol. The Morgan fingerprint density at radius 3 is 2.72 bits per heavy atom. The van der Waals surface area contributed by atoms with Crippen LogP contribution in [0.1, 0.15) is 29.3 Å². The number of hydrogen-bond donors (Lipinski definition) is 2. The molecule has 0 fully saturated rings. The number of carbonyl (C=O) groups is 2. The number of amides is 1. The molecule has 1 amide bonds. The highest BCUT2D eigenvalue weighted by Gasteiger charge is 2.09. The van der Waals surface area contributed by atoms with Gasteiger partial charge >= 0.3 is 5.97 Å². The summed E-state index contributed by atoms with van der Waals surface area (Å²) in [6, 6.07) is 5.20. The van der Waals surface area contributed by atoms with Gasteiger partial charge in [0.1, 0.15) is 0 Å². The predicted molar refractivity (Wildman–Crippen MR) is 72.2 cm³/mol. The van der Waals surface area contributed by atoms with Gasteiger partial charge in [0.05, 0.1) is 11.3 Å². The van der Waals surface area contributed by atoms with E-state index in [1.165, 1.54) is 11.8 Å². The van der Waals surface area contributed by atoms with Crippen LogP contribution in [0.15, 0.2) is 23.1 Å². The zero-order valence-electron chi connectivity index (χ0n) is 10.5. The largest absolute Gasteiger partial charge is 0.478 e. The minimum absolute atomic E-state index is 0.0284. The summed E-state index contributed by atoms with van der Waals surface area (Å²) in [5.41, 5.74) is 1.01. The Morgan fingerprint density at radius 1 is 1.39 bits per heavy atom. The molecule has 0 aliphatic rings. The number of aromatic carboxylic acids is 1. The molecule has 0 aliphatic carbocycles. The Hall–Kier alpha value is -1.49. The molecule has 1 aromatic rings. The lowest BCUT2D eigenvalue weighted by atomic mass is 10.1. The molecule has 0 spiro atoms. The number of carboxylic acids is 1. The lowest BCUT2D eigenvalue weighted by molar-refractivity contribution is -0.118. The van der Waals surface area contributed by atoms with Crippen LogP contribution in [0, 0.1) is 6.92 Å². The van der Waals surface area contributed by atoms with Crippen molar-refractivity contribution in [3.63, 3.8) is 0 Å². The first-order chi connectivity index (χ1) is 8.54. The van der Waals surface area contributed by atoms with E-state index in [4.69, 9.17) is 5.11 Å². The minimum Gasteiger partial charge on any atom is -0.478 e. The van der Waals surface area contributed by atoms with E-state index in [0.29, 0.717) is 12.3 Å². The molecule has 0 saturated carbocycles. The summed E-state index contributed by atoms with van der Waals surface area (Å²) in [5, 5.41) is 11.8. The molecule has 2 N–H and O–H groups in total. The number of thioether (sulfide) groups is 1. The molecule has 0 bridgehead atoms. The fourth-order valence-electron chi connectivity index (χ4n) is 1.39. The minimum atomic E-state index is -0.939. The molecule has 5 heteroatoms. The van der Waals surface area contributed by atoms with E-state index >= 15 is 0 Å². The first-order valence-electron chi connectivity index (χ1n) is 5.78. The number of nitrogens with one attached hydrogen (secondary N) is 1. The third kappa shape index (κ3) is 4.41. The molecule has 0 heterocycles. The van der Waals surface area contributed by atoms with Crippen LogP contribution in [0.25, 0.3) is 0 Å². The van der Waals surface area contributed by atoms with Gasteiger partial charge in [-0.2, -0.15) is 0 Å². The third-order valence-corrected chi connectivity index (χ3v) is 3.38. The zero-order chi connectivity index (χ0) is 13.5. The van der Waals surface area contributed by atoms with Crippen LogP contribution in [0.3, 0.4) is 0 Å². The molecule has 4 nitrogen and oxygen atoms in total. The first kappa shape index (κ1) is 14.6. The number of carbonyl (C=O) groups excluding carboxylic acids is 1. The normalized spacial score (nSPS) is 10.1. The fourth-order valence-corrected chi connectivity index (χ4v) is 2.15. The zero-order valence-corrected chi connectivity index (χ0v) is 11.3. The van der Waals surface area contributed by atoms with Gasteiger partial charge in [0, 0.05) is 11.4 Å². The molecule has 0 unspecified atom stereocenters. The SMILES string of the molecule is CCCNC(=O)CSc1ccc(C)c(C(=O)O)c1. The van der Waals surface area contributed by atoms with Crippen molar-refractivity contribution in [1.29, 1.82) is 0 Å². The van der Waals surface area contributed by atoms with E-state index in [0.717, 1.165) is 16.9 Å². The van der Waals surface area contributed by atoms with E-state index < -0.39 is 5.97 Å². The topological polar surface area (TPSA) is 66.4 Å². The van der Waals surface area contributed by atoms with Gasteiger partial charge < -0.3 is 10.4 Å². The molecule has 0 saturated heterocycles. The lowest BCUT2D eigenvalue weighted by Gasteiger charge is -2.06. The number of rotatable bonds is 6. The van der Waals surface area contributed by atoms with Crippen LogP contribution in [-0.4, -0.2) is 29.3 Å². The van der Waals surface area contributed by atoms with Gasteiger partial charge in [-0.15, -0.1) is 11.8 Å². The quantitative estimate of drug-likeness (QED) is 0.776. The van der Waals surface area contributed by atoms with Gasteiger partial charge in [0.15, 0.2) is 0 Å². The van der Waals surface area contributed by atoms with Crippen molar-refractivity contribution in [2.24, 2.45) is 0 Å². The van der Waals surface area contributed by atoms with Crippen LogP contribution in [0.2, 0.25) is 0 Å². The van der Waals surface area contributed by atoms with Gasteiger partial charge in [-0.1, -0.05) is 13.0 Å². The molecule has 18 heavy (non-hydrogen) atoms. The average molecular weight is 267 g/mol. The van der Waals surface area contributed by atoms with Crippen molar-refractivity contribution in [3.8, 4) is 0 Å². The summed E-state index contributed by atoms with van der Waals surface area (Å²) in [5.74, 6) is -0.660. The second-order valence-corrected chi connectivity index (χ2v) is 4.97. The summed E-state index contributed by atoms with van der Waals surface area (Å²) in [7, 11) is 0. The maximum Gasteiger partial charge on any atom is 0.335 e. The number of hydrogen-bond acceptors (Lipinski definition) is 3. The molecule has 0 radical (unpaired) electrons. The van der Waals surface area contributed by atoms with Crippen LogP contribution in [0.5, 0.6) is 0 Å². The standard InChI is InChI=1S/C13H17NO3S/c1-3-6-14-12(15)8-18-10-5-4-9(2)11(7-10)13(16)17/h4-5,7H,3,6,8H2,1-2H3,(H,14,15)(H,16,17). The Morgan fingerprint density at radius 2 is 2.11 bits per heavy atom. The van der Waals surface area contributed by atoms with E-state index in [2.05, 4.69) is 5.32 Å². The predicted octanol–water partition coefficient (Wildman–Crippen LogP) is 2.31. The summed E-state index contributed by atoms with van der Waals surface area (Å²) >= 11 is 1.34. The van der Waals surface area contributed by atoms with Crippen molar-refractivity contribution in [1.82, 2.24) is 5.32 Å². The molecule has 0 aromatic heterocycles. The highest BCUT2D eigenvalue weighted by Crippen LogP contribution is 2.21. The Bertz CT molecular complexity index is 446. The molecule has 0 aliphatic heterocycles. The number of benzene rings is 1. The molecular formula is C13H17NO3S. The van der Waals surface area contributed by atoms with Crippen molar-refractivity contribution >= 4 is 23.6 Å². The maximum atomic E-state index is 11.4.